The molecular weight excluding hydrogens is 287 g/mol. The summed E-state index contributed by atoms with van der Waals surface area (Å²) in [6.45, 7) is 0.0133. The van der Waals surface area contributed by atoms with Crippen molar-refractivity contribution >= 4 is 5.78 Å². The summed E-state index contributed by atoms with van der Waals surface area (Å²) < 4.78 is 41.7. The smallest absolute Gasteiger partial charge is 0.401 e. The van der Waals surface area contributed by atoms with Crippen molar-refractivity contribution < 1.29 is 27.8 Å². The predicted molar refractivity (Wildman–Crippen MR) is 71.5 cm³/mol. The summed E-state index contributed by atoms with van der Waals surface area (Å²) >= 11 is 0. The topological polar surface area (TPSA) is 49.8 Å². The van der Waals surface area contributed by atoms with E-state index in [0.717, 1.165) is 4.90 Å². The third-order valence-electron chi connectivity index (χ3n) is 2.65. The average molecular weight is 305 g/mol. The highest BCUT2D eigenvalue weighted by Crippen LogP contribution is 2.16. The normalized spacial score (nSPS) is 13.3. The minimum atomic E-state index is -4.30. The molecule has 21 heavy (non-hydrogen) atoms. The second-order valence-electron chi connectivity index (χ2n) is 4.86. The Morgan fingerprint density at radius 1 is 1.43 bits per heavy atom. The van der Waals surface area contributed by atoms with Crippen LogP contribution in [-0.2, 0) is 0 Å². The van der Waals surface area contributed by atoms with Gasteiger partial charge in [-0.05, 0) is 26.1 Å². The molecule has 1 aromatic rings. The van der Waals surface area contributed by atoms with Crippen molar-refractivity contribution in [2.24, 2.45) is 0 Å². The number of carbonyl (C=O) groups excluding carboxylic acids is 1. The zero-order valence-electron chi connectivity index (χ0n) is 11.9. The van der Waals surface area contributed by atoms with Crippen LogP contribution in [0.5, 0.6) is 5.75 Å². The molecule has 1 rings (SSSR count). The number of likely N-dealkylation sites (N-methyl/N-ethyl adjacent to an activating group) is 1. The Morgan fingerprint density at radius 2 is 2.10 bits per heavy atom. The number of aliphatic hydroxyl groups is 1. The number of aliphatic hydroxyl groups excluding tert-OH is 1. The number of hydrogen-bond donors (Lipinski definition) is 1. The maximum Gasteiger partial charge on any atom is 0.401 e. The first-order valence-electron chi connectivity index (χ1n) is 6.34. The highest BCUT2D eigenvalue weighted by molar-refractivity contribution is 5.94. The van der Waals surface area contributed by atoms with Gasteiger partial charge in [-0.1, -0.05) is 12.1 Å². The van der Waals surface area contributed by atoms with E-state index in [1.165, 1.54) is 20.0 Å². The highest BCUT2D eigenvalue weighted by Gasteiger charge is 2.29. The molecule has 0 fully saturated rings. The number of rotatable bonds is 7. The quantitative estimate of drug-likeness (QED) is 0.784. The Kier molecular flexibility index (Phi) is 6.17. The van der Waals surface area contributed by atoms with Gasteiger partial charge in [-0.15, -0.1) is 0 Å². The number of Topliss-reactive ketones (excluding diaryl/α,β-unsaturated/α-hetero) is 1. The number of benzene rings is 1. The largest absolute Gasteiger partial charge is 0.491 e. The van der Waals surface area contributed by atoms with Crippen LogP contribution < -0.4 is 4.74 Å². The summed E-state index contributed by atoms with van der Waals surface area (Å²) in [4.78, 5) is 12.2. The molecule has 0 radical (unpaired) electrons. The predicted octanol–water partition coefficient (Wildman–Crippen LogP) is 2.12. The molecule has 1 aromatic carbocycles. The molecule has 1 atom stereocenters. The monoisotopic (exact) mass is 305 g/mol. The van der Waals surface area contributed by atoms with Gasteiger partial charge in [-0.25, -0.2) is 0 Å². The third kappa shape index (κ3) is 7.10. The fraction of sp³-hybridized carbons (Fsp3) is 0.500. The van der Waals surface area contributed by atoms with E-state index in [1.807, 2.05) is 0 Å². The van der Waals surface area contributed by atoms with Gasteiger partial charge in [0, 0.05) is 12.1 Å². The van der Waals surface area contributed by atoms with E-state index in [9.17, 15) is 23.1 Å². The number of hydrogen-bond acceptors (Lipinski definition) is 4. The van der Waals surface area contributed by atoms with Gasteiger partial charge in [0.1, 0.15) is 18.5 Å². The van der Waals surface area contributed by atoms with Crippen LogP contribution in [0.25, 0.3) is 0 Å². The van der Waals surface area contributed by atoms with Crippen molar-refractivity contribution in [2.75, 3.05) is 26.7 Å². The van der Waals surface area contributed by atoms with Crippen LogP contribution in [0, 0.1) is 0 Å². The van der Waals surface area contributed by atoms with E-state index < -0.39 is 18.8 Å². The zero-order chi connectivity index (χ0) is 16.0. The minimum Gasteiger partial charge on any atom is -0.491 e. The Balaban J connectivity index is 2.44. The van der Waals surface area contributed by atoms with Crippen molar-refractivity contribution in [3.63, 3.8) is 0 Å². The molecule has 0 bridgehead atoms. The SMILES string of the molecule is CC(=O)c1cccc(OCC(O)CN(C)CC(F)(F)F)c1. The molecule has 0 aliphatic rings. The van der Waals surface area contributed by atoms with E-state index in [0.29, 0.717) is 11.3 Å². The average Bonchev–Trinajstić information content (AvgIpc) is 2.34. The molecule has 0 saturated carbocycles. The van der Waals surface area contributed by atoms with Crippen molar-refractivity contribution in [1.29, 1.82) is 0 Å². The molecule has 0 heterocycles. The number of alkyl halides is 3. The molecule has 0 amide bonds. The molecule has 1 N–H and O–H groups in total. The van der Waals surface area contributed by atoms with Crippen LogP contribution in [0.3, 0.4) is 0 Å². The zero-order valence-corrected chi connectivity index (χ0v) is 11.9. The molecule has 0 spiro atoms. The fourth-order valence-electron chi connectivity index (χ4n) is 1.78. The highest BCUT2D eigenvalue weighted by atomic mass is 19.4. The number of ether oxygens (including phenoxy) is 1. The van der Waals surface area contributed by atoms with E-state index in [4.69, 9.17) is 4.74 Å². The molecule has 7 heteroatoms. The maximum absolute atomic E-state index is 12.1. The molecular formula is C14H18F3NO3. The second-order valence-corrected chi connectivity index (χ2v) is 4.86. The number of ketones is 1. The van der Waals surface area contributed by atoms with Gasteiger partial charge in [0.05, 0.1) is 6.54 Å². The lowest BCUT2D eigenvalue weighted by Gasteiger charge is -2.21. The van der Waals surface area contributed by atoms with Crippen LogP contribution in [-0.4, -0.2) is 54.8 Å². The lowest BCUT2D eigenvalue weighted by atomic mass is 10.1. The van der Waals surface area contributed by atoms with E-state index >= 15 is 0 Å². The summed E-state index contributed by atoms with van der Waals surface area (Å²) in [7, 11) is 1.27. The van der Waals surface area contributed by atoms with Crippen molar-refractivity contribution in [2.45, 2.75) is 19.2 Å². The lowest BCUT2D eigenvalue weighted by Crippen LogP contribution is -2.38. The van der Waals surface area contributed by atoms with Gasteiger partial charge >= 0.3 is 6.18 Å². The van der Waals surface area contributed by atoms with Gasteiger partial charge in [-0.2, -0.15) is 13.2 Å². The van der Waals surface area contributed by atoms with E-state index in [-0.39, 0.29) is 18.9 Å². The third-order valence-corrected chi connectivity index (χ3v) is 2.65. The summed E-state index contributed by atoms with van der Waals surface area (Å²) in [6.07, 6.45) is -5.36. The Morgan fingerprint density at radius 3 is 2.67 bits per heavy atom. The van der Waals surface area contributed by atoms with Crippen LogP contribution in [0.15, 0.2) is 24.3 Å². The van der Waals surface area contributed by atoms with Crippen molar-refractivity contribution in [3.8, 4) is 5.75 Å². The number of halogens is 3. The van der Waals surface area contributed by atoms with Gasteiger partial charge < -0.3 is 9.84 Å². The lowest BCUT2D eigenvalue weighted by molar-refractivity contribution is -0.145. The van der Waals surface area contributed by atoms with Crippen LogP contribution in [0.4, 0.5) is 13.2 Å². The maximum atomic E-state index is 12.1. The fourth-order valence-corrected chi connectivity index (χ4v) is 1.78. The molecule has 4 nitrogen and oxygen atoms in total. The van der Waals surface area contributed by atoms with Crippen molar-refractivity contribution in [1.82, 2.24) is 4.90 Å². The summed E-state index contributed by atoms with van der Waals surface area (Å²) in [5.41, 5.74) is 0.469. The second kappa shape index (κ2) is 7.42. The standard InChI is InChI=1S/C14H18F3NO3/c1-10(19)11-4-3-5-13(6-11)21-8-12(20)7-18(2)9-14(15,16)17/h3-6,12,20H,7-9H2,1-2H3. The van der Waals surface area contributed by atoms with Gasteiger partial charge in [-0.3, -0.25) is 9.69 Å². The van der Waals surface area contributed by atoms with Gasteiger partial charge in [0.25, 0.3) is 0 Å². The van der Waals surface area contributed by atoms with Crippen molar-refractivity contribution in [3.05, 3.63) is 29.8 Å². The Labute approximate surface area is 121 Å². The molecule has 118 valence electrons. The molecule has 0 aliphatic carbocycles. The molecule has 0 aliphatic heterocycles. The Hall–Kier alpha value is -1.60. The summed E-state index contributed by atoms with van der Waals surface area (Å²) in [5, 5.41) is 9.66. The van der Waals surface area contributed by atoms with Crippen LogP contribution >= 0.6 is 0 Å². The minimum absolute atomic E-state index is 0.120. The summed E-state index contributed by atoms with van der Waals surface area (Å²) in [6, 6.07) is 6.39. The van der Waals surface area contributed by atoms with Crippen LogP contribution in [0.1, 0.15) is 17.3 Å². The molecule has 0 aromatic heterocycles. The van der Waals surface area contributed by atoms with Gasteiger partial charge in [0.2, 0.25) is 0 Å². The molecule has 0 saturated heterocycles. The number of nitrogens with zero attached hydrogens (tertiary/aromatic N) is 1. The van der Waals surface area contributed by atoms with Gasteiger partial charge in [0.15, 0.2) is 5.78 Å². The first kappa shape index (κ1) is 17.5. The first-order chi connectivity index (χ1) is 9.67. The number of carbonyl (C=O) groups is 1. The van der Waals surface area contributed by atoms with Crippen LogP contribution in [0.2, 0.25) is 0 Å². The first-order valence-corrected chi connectivity index (χ1v) is 6.34. The van der Waals surface area contributed by atoms with E-state index in [1.54, 1.807) is 18.2 Å². The molecule has 1 unspecified atom stereocenters. The summed E-state index contributed by atoms with van der Waals surface area (Å²) in [5.74, 6) is 0.270. The van der Waals surface area contributed by atoms with E-state index in [2.05, 4.69) is 0 Å². The Bertz CT molecular complexity index is 477.